The van der Waals surface area contributed by atoms with Crippen molar-refractivity contribution in [2.24, 2.45) is 5.92 Å². The highest BCUT2D eigenvalue weighted by Gasteiger charge is 2.51. The number of nitrogen functional groups attached to an aromatic ring is 2. The number of ether oxygens (including phenoxy) is 2. The maximum atomic E-state index is 13.9. The number of aliphatic hydroxyl groups excluding tert-OH is 2. The predicted molar refractivity (Wildman–Crippen MR) is 140 cm³/mol. The predicted octanol–water partition coefficient (Wildman–Crippen LogP) is -0.918. The summed E-state index contributed by atoms with van der Waals surface area (Å²) in [6.07, 6.45) is -5.75. The number of imidazole rings is 2. The largest absolute Gasteiger partial charge is 0.472 e. The van der Waals surface area contributed by atoms with Crippen LogP contribution < -0.4 is 17.0 Å². The first-order valence-corrected chi connectivity index (χ1v) is 14.7. The number of aliphatic hydroxyl groups is 2. The van der Waals surface area contributed by atoms with Gasteiger partial charge in [0.05, 0.1) is 31.5 Å². The lowest BCUT2D eigenvalue weighted by Gasteiger charge is -2.26. The molecule has 0 amide bonds. The molecule has 2 bridgehead atoms. The monoisotopic (exact) mass is 624 g/mol. The Morgan fingerprint density at radius 3 is 2.47 bits per heavy atom. The van der Waals surface area contributed by atoms with Crippen LogP contribution in [-0.2, 0) is 23.1 Å². The van der Waals surface area contributed by atoms with E-state index in [1.165, 1.54) is 21.8 Å². The van der Waals surface area contributed by atoms with E-state index < -0.39 is 75.0 Å². The van der Waals surface area contributed by atoms with Crippen molar-refractivity contribution in [3.63, 3.8) is 0 Å². The fraction of sp³-hybridized carbons (Fsp3) is 0.545. The maximum absolute atomic E-state index is 13.9. The van der Waals surface area contributed by atoms with Gasteiger partial charge in [-0.1, -0.05) is 6.42 Å². The minimum Gasteiger partial charge on any atom is -0.388 e. The molecule has 230 valence electrons. The van der Waals surface area contributed by atoms with E-state index in [0.717, 1.165) is 0 Å². The summed E-state index contributed by atoms with van der Waals surface area (Å²) in [5.41, 5.74) is 10.9. The van der Waals surface area contributed by atoms with Gasteiger partial charge in [0.25, 0.3) is 5.56 Å². The molecule has 8 N–H and O–H groups in total. The summed E-state index contributed by atoms with van der Waals surface area (Å²) in [6, 6.07) is 0. The number of anilines is 2. The molecular formula is C22H26FN10O9P. The van der Waals surface area contributed by atoms with Crippen LogP contribution in [0, 0.1) is 12.0 Å². The van der Waals surface area contributed by atoms with Gasteiger partial charge in [-0.2, -0.15) is 19.3 Å². The Labute approximate surface area is 239 Å². The average Bonchev–Trinajstić information content (AvgIpc) is 3.69. The van der Waals surface area contributed by atoms with Crippen molar-refractivity contribution in [3.8, 4) is 0 Å². The Bertz CT molecular complexity index is 1820. The van der Waals surface area contributed by atoms with Crippen LogP contribution in [-0.4, -0.2) is 91.3 Å². The minimum atomic E-state index is -4.90. The third kappa shape index (κ3) is 4.75. The summed E-state index contributed by atoms with van der Waals surface area (Å²) in [5.74, 6) is -1.02. The summed E-state index contributed by atoms with van der Waals surface area (Å²) in [7, 11) is -4.90. The van der Waals surface area contributed by atoms with Crippen molar-refractivity contribution < 1.29 is 42.6 Å². The number of fused-ring (bicyclic) bond motifs is 5. The lowest BCUT2D eigenvalue weighted by molar-refractivity contribution is -0.0569. The lowest BCUT2D eigenvalue weighted by Crippen LogP contribution is -2.35. The highest BCUT2D eigenvalue weighted by atomic mass is 31.2. The molecule has 3 fully saturated rings. The van der Waals surface area contributed by atoms with Crippen molar-refractivity contribution >= 4 is 41.9 Å². The number of hydrogen-bond acceptors (Lipinski definition) is 15. The van der Waals surface area contributed by atoms with E-state index in [2.05, 4.69) is 29.9 Å². The molecule has 3 saturated heterocycles. The van der Waals surface area contributed by atoms with Gasteiger partial charge >= 0.3 is 13.9 Å². The first kappa shape index (κ1) is 28.2. The topological polar surface area (TPSA) is 274 Å². The quantitative estimate of drug-likeness (QED) is 0.116. The van der Waals surface area contributed by atoms with Gasteiger partial charge in [-0.25, -0.2) is 14.5 Å². The molecule has 3 aliphatic rings. The number of rotatable bonds is 2. The second-order valence-electron chi connectivity index (χ2n) is 10.5. The molecule has 0 saturated carbocycles. The van der Waals surface area contributed by atoms with Gasteiger partial charge in [0, 0.05) is 5.92 Å². The molecule has 4 aromatic heterocycles. The number of nitrogens with one attached hydrogen (secondary N) is 1. The van der Waals surface area contributed by atoms with Crippen LogP contribution in [0.1, 0.15) is 31.7 Å². The standard InChI is InChI=1S/C22H26FN10O9P/c23-21-28-15(24)10-16(29-21)32(5-26-10)19-12(34)7-2-1-3-8-13(35)14(42-43(37,38)39-4-9(7)41-19)20(40-8)33-6-27-11-17(33)30-22(25)31-18(11)36/h5-9,12-14,19-20,34-35H,1-4H2,(H,37,38)(H2,24,28,29)(H3,25,30,31,36)/t7-,8?,9-,12-,13-,14-,19-,20-/m1/s1. The molecule has 21 heteroatoms. The normalized spacial score (nSPS) is 35.2. The highest BCUT2D eigenvalue weighted by molar-refractivity contribution is 7.47. The van der Waals surface area contributed by atoms with Gasteiger partial charge in [-0.05, 0) is 12.8 Å². The Balaban J connectivity index is 1.17. The molecule has 0 aromatic carbocycles. The van der Waals surface area contributed by atoms with Crippen LogP contribution in [0.3, 0.4) is 0 Å². The molecule has 19 nitrogen and oxygen atoms in total. The fourth-order valence-electron chi connectivity index (χ4n) is 5.97. The van der Waals surface area contributed by atoms with Crippen LogP contribution in [0.5, 0.6) is 0 Å². The third-order valence-corrected chi connectivity index (χ3v) is 8.92. The molecule has 0 radical (unpaired) electrons. The van der Waals surface area contributed by atoms with Gasteiger partial charge in [0.15, 0.2) is 40.6 Å². The van der Waals surface area contributed by atoms with Crippen LogP contribution in [0.4, 0.5) is 16.2 Å². The van der Waals surface area contributed by atoms with Gasteiger partial charge in [0.2, 0.25) is 5.95 Å². The van der Waals surface area contributed by atoms with E-state index in [-0.39, 0.29) is 40.5 Å². The zero-order valence-electron chi connectivity index (χ0n) is 22.0. The highest BCUT2D eigenvalue weighted by Crippen LogP contribution is 2.51. The molecule has 2 unspecified atom stereocenters. The van der Waals surface area contributed by atoms with E-state index in [9.17, 15) is 28.9 Å². The Hall–Kier alpha value is -3.62. The van der Waals surface area contributed by atoms with E-state index >= 15 is 0 Å². The number of aromatic amines is 1. The molecule has 0 spiro atoms. The van der Waals surface area contributed by atoms with Gasteiger partial charge < -0.3 is 36.0 Å². The summed E-state index contributed by atoms with van der Waals surface area (Å²) < 4.78 is 52.5. The van der Waals surface area contributed by atoms with E-state index in [4.69, 9.17) is 30.0 Å². The number of nitrogens with two attached hydrogens (primary N) is 2. The van der Waals surface area contributed by atoms with Crippen LogP contribution in [0.25, 0.3) is 22.3 Å². The summed E-state index contributed by atoms with van der Waals surface area (Å²) in [5, 5.41) is 22.4. The van der Waals surface area contributed by atoms with Crippen molar-refractivity contribution in [3.05, 3.63) is 29.1 Å². The van der Waals surface area contributed by atoms with E-state index in [1.54, 1.807) is 0 Å². The summed E-state index contributed by atoms with van der Waals surface area (Å²) >= 11 is 0. The molecule has 7 heterocycles. The molecule has 4 aromatic rings. The first-order valence-electron chi connectivity index (χ1n) is 13.2. The SMILES string of the molecule is Nc1nc2c(ncn2[C@@H]2OC3CCC[C@H]4[C@@H](O)[C@H](n5cnc6c(N)nc(F)nc65)O[C@@H]4COP(=O)(O)O[C@@H]2[C@@H]3O)c(=O)[nH]1. The van der Waals surface area contributed by atoms with E-state index in [0.29, 0.717) is 12.8 Å². The Kier molecular flexibility index (Phi) is 6.71. The van der Waals surface area contributed by atoms with E-state index in [1.807, 2.05) is 0 Å². The van der Waals surface area contributed by atoms with Crippen molar-refractivity contribution in [2.45, 2.75) is 62.2 Å². The summed E-state index contributed by atoms with van der Waals surface area (Å²) in [6.45, 7) is -0.483. The number of aromatic nitrogens is 8. The minimum absolute atomic E-state index is 0.00594. The molecule has 3 aliphatic heterocycles. The smallest absolute Gasteiger partial charge is 0.388 e. The van der Waals surface area contributed by atoms with Crippen molar-refractivity contribution in [1.82, 2.24) is 39.0 Å². The first-order chi connectivity index (χ1) is 20.5. The Morgan fingerprint density at radius 2 is 1.67 bits per heavy atom. The number of phosphoric acid groups is 1. The van der Waals surface area contributed by atoms with Crippen molar-refractivity contribution in [2.75, 3.05) is 18.1 Å². The molecular weight excluding hydrogens is 598 g/mol. The molecule has 43 heavy (non-hydrogen) atoms. The van der Waals surface area contributed by atoms with Crippen molar-refractivity contribution in [1.29, 1.82) is 0 Å². The lowest BCUT2D eigenvalue weighted by atomic mass is 9.91. The second kappa shape index (κ2) is 10.2. The van der Waals surface area contributed by atoms with Gasteiger partial charge in [-0.3, -0.25) is 28.0 Å². The molecule has 0 aliphatic carbocycles. The zero-order chi connectivity index (χ0) is 30.2. The van der Waals surface area contributed by atoms with Crippen LogP contribution in [0.2, 0.25) is 0 Å². The average molecular weight is 624 g/mol. The van der Waals surface area contributed by atoms with Gasteiger partial charge in [-0.15, -0.1) is 0 Å². The fourth-order valence-corrected chi connectivity index (χ4v) is 6.90. The summed E-state index contributed by atoms with van der Waals surface area (Å²) in [4.78, 5) is 44.7. The number of hydrogen-bond donors (Lipinski definition) is 6. The second-order valence-corrected chi connectivity index (χ2v) is 11.9. The number of halogens is 1. The van der Waals surface area contributed by atoms with Gasteiger partial charge in [0.1, 0.15) is 18.3 Å². The molecule has 9 atom stereocenters. The third-order valence-electron chi connectivity index (χ3n) is 7.94. The molecule has 7 rings (SSSR count). The van der Waals surface area contributed by atoms with Crippen LogP contribution >= 0.6 is 7.82 Å². The number of H-pyrrole nitrogens is 1. The number of nitrogens with zero attached hydrogens (tertiary/aromatic N) is 7. The number of phosphoric ester groups is 1. The van der Waals surface area contributed by atoms with Crippen LogP contribution in [0.15, 0.2) is 17.4 Å². The Morgan fingerprint density at radius 1 is 0.977 bits per heavy atom. The zero-order valence-corrected chi connectivity index (χ0v) is 22.9. The maximum Gasteiger partial charge on any atom is 0.472 e.